The summed E-state index contributed by atoms with van der Waals surface area (Å²) in [6.45, 7) is 3.94. The molecular formula is C18H19N3O3S. The Hall–Kier alpha value is -2.54. The minimum absolute atomic E-state index is 0.0166. The van der Waals surface area contributed by atoms with Gasteiger partial charge in [0.05, 0.1) is 0 Å². The van der Waals surface area contributed by atoms with Crippen molar-refractivity contribution in [1.29, 1.82) is 0 Å². The second kappa shape index (κ2) is 7.57. The molecule has 1 aromatic heterocycles. The number of hydrogen-bond acceptors (Lipinski definition) is 6. The fourth-order valence-electron chi connectivity index (χ4n) is 2.24. The molecule has 0 spiro atoms. The van der Waals surface area contributed by atoms with Crippen LogP contribution in [0.5, 0.6) is 0 Å². The molecule has 1 amide bonds. The summed E-state index contributed by atoms with van der Waals surface area (Å²) in [5.74, 6) is -0.181. The first-order valence-electron chi connectivity index (χ1n) is 8.06. The summed E-state index contributed by atoms with van der Waals surface area (Å²) in [6, 6.07) is 7.48. The van der Waals surface area contributed by atoms with Crippen molar-refractivity contribution in [2.24, 2.45) is 5.92 Å². The van der Waals surface area contributed by atoms with Gasteiger partial charge in [-0.05, 0) is 44.7 Å². The highest BCUT2D eigenvalue weighted by molar-refractivity contribution is 7.13. The summed E-state index contributed by atoms with van der Waals surface area (Å²) in [5.41, 5.74) is 2.86. The van der Waals surface area contributed by atoms with E-state index in [1.807, 2.05) is 38.1 Å². The van der Waals surface area contributed by atoms with Gasteiger partial charge in [-0.3, -0.25) is 4.79 Å². The Kier molecular flexibility index (Phi) is 5.23. The molecule has 1 N–H and O–H groups in total. The number of nitrogens with one attached hydrogen (secondary N) is 1. The Morgan fingerprint density at radius 2 is 2.00 bits per heavy atom. The van der Waals surface area contributed by atoms with Crippen LogP contribution >= 0.6 is 11.3 Å². The zero-order valence-electron chi connectivity index (χ0n) is 14.1. The third-order valence-electron chi connectivity index (χ3n) is 3.88. The maximum Gasteiger partial charge on any atom is 0.331 e. The molecule has 130 valence electrons. The van der Waals surface area contributed by atoms with Gasteiger partial charge in [0, 0.05) is 11.8 Å². The fraction of sp³-hybridized carbons (Fsp3) is 0.333. The second-order valence-corrected chi connectivity index (χ2v) is 7.15. The van der Waals surface area contributed by atoms with Crippen molar-refractivity contribution in [2.75, 3.05) is 5.32 Å². The number of aromatic nitrogens is 2. The Balaban J connectivity index is 1.52. The van der Waals surface area contributed by atoms with Crippen molar-refractivity contribution in [3.05, 3.63) is 51.5 Å². The van der Waals surface area contributed by atoms with Gasteiger partial charge in [-0.1, -0.05) is 34.6 Å². The van der Waals surface area contributed by atoms with Gasteiger partial charge in [-0.15, -0.1) is 10.2 Å². The molecule has 1 aliphatic rings. The molecule has 0 atom stereocenters. The normalized spacial score (nSPS) is 14.2. The number of carbonyl (C=O) groups excluding carboxylic acids is 2. The second-order valence-electron chi connectivity index (χ2n) is 6.09. The minimum atomic E-state index is -0.384. The van der Waals surface area contributed by atoms with E-state index in [4.69, 9.17) is 4.74 Å². The lowest BCUT2D eigenvalue weighted by Crippen LogP contribution is -2.11. The third kappa shape index (κ3) is 4.96. The van der Waals surface area contributed by atoms with Crippen LogP contribution in [0.2, 0.25) is 0 Å². The first-order chi connectivity index (χ1) is 12.0. The van der Waals surface area contributed by atoms with E-state index in [0.29, 0.717) is 16.6 Å². The van der Waals surface area contributed by atoms with E-state index in [0.717, 1.165) is 35.3 Å². The number of aryl methyl sites for hydroxylation is 1. The number of rotatable bonds is 6. The van der Waals surface area contributed by atoms with Crippen LogP contribution in [0.4, 0.5) is 5.69 Å². The van der Waals surface area contributed by atoms with E-state index in [2.05, 4.69) is 15.5 Å². The van der Waals surface area contributed by atoms with Crippen LogP contribution in [0.25, 0.3) is 0 Å². The van der Waals surface area contributed by atoms with Crippen molar-refractivity contribution in [3.63, 3.8) is 0 Å². The number of nitrogens with zero attached hydrogens (tertiary/aromatic N) is 2. The summed E-state index contributed by atoms with van der Waals surface area (Å²) < 4.78 is 5.16. The lowest BCUT2D eigenvalue weighted by molar-refractivity contribution is -0.139. The molecule has 1 saturated carbocycles. The van der Waals surface area contributed by atoms with Gasteiger partial charge in [0.1, 0.15) is 6.61 Å². The van der Waals surface area contributed by atoms with Gasteiger partial charge in [0.25, 0.3) is 5.91 Å². The van der Waals surface area contributed by atoms with Crippen molar-refractivity contribution >= 4 is 28.9 Å². The van der Waals surface area contributed by atoms with Crippen LogP contribution in [0.3, 0.4) is 0 Å². The highest BCUT2D eigenvalue weighted by atomic mass is 32.1. The quantitative estimate of drug-likeness (QED) is 0.632. The number of anilines is 1. The number of ether oxygens (including phenoxy) is 1. The minimum Gasteiger partial charge on any atom is -0.455 e. The molecule has 0 unspecified atom stereocenters. The number of hydrogen-bond donors (Lipinski definition) is 1. The highest BCUT2D eigenvalue weighted by Gasteiger charge is 2.23. The maximum atomic E-state index is 12.2. The molecule has 1 fully saturated rings. The molecule has 25 heavy (non-hydrogen) atoms. The fourth-order valence-corrected chi connectivity index (χ4v) is 2.89. The summed E-state index contributed by atoms with van der Waals surface area (Å²) in [6.07, 6.45) is 3.82. The van der Waals surface area contributed by atoms with Gasteiger partial charge in [-0.25, -0.2) is 4.79 Å². The van der Waals surface area contributed by atoms with Gasteiger partial charge in [-0.2, -0.15) is 0 Å². The Morgan fingerprint density at radius 3 is 2.68 bits per heavy atom. The molecule has 0 radical (unpaired) electrons. The Morgan fingerprint density at radius 1 is 1.28 bits per heavy atom. The van der Waals surface area contributed by atoms with Gasteiger partial charge < -0.3 is 10.1 Å². The van der Waals surface area contributed by atoms with Crippen molar-refractivity contribution < 1.29 is 14.3 Å². The molecule has 0 aliphatic heterocycles. The van der Waals surface area contributed by atoms with Crippen LogP contribution in [-0.2, 0) is 16.1 Å². The molecule has 1 aliphatic carbocycles. The predicted octanol–water partition coefficient (Wildman–Crippen LogP) is 3.50. The molecule has 2 aromatic rings. The monoisotopic (exact) mass is 357 g/mol. The van der Waals surface area contributed by atoms with Gasteiger partial charge in [0.15, 0.2) is 5.01 Å². The summed E-state index contributed by atoms with van der Waals surface area (Å²) >= 11 is 1.11. The van der Waals surface area contributed by atoms with Gasteiger partial charge in [0.2, 0.25) is 5.01 Å². The first-order valence-corrected chi connectivity index (χ1v) is 8.88. The standard InChI is InChI=1S/C18H19N3O3S/c1-11-3-7-14(8-4-11)19-17(23)18-21-20-15(25-18)10-24-16(22)9-12(2)13-5-6-13/h3-4,7-9,13H,5-6,10H2,1-2H3,(H,19,23). The molecule has 1 aromatic carbocycles. The van der Waals surface area contributed by atoms with E-state index in [1.54, 1.807) is 0 Å². The lowest BCUT2D eigenvalue weighted by Gasteiger charge is -2.02. The largest absolute Gasteiger partial charge is 0.455 e. The highest BCUT2D eigenvalue weighted by Crippen LogP contribution is 2.35. The van der Waals surface area contributed by atoms with Crippen molar-refractivity contribution in [1.82, 2.24) is 10.2 Å². The first kappa shape index (κ1) is 17.3. The average molecular weight is 357 g/mol. The average Bonchev–Trinajstić information content (AvgIpc) is 3.33. The van der Waals surface area contributed by atoms with Crippen LogP contribution in [-0.4, -0.2) is 22.1 Å². The number of amides is 1. The predicted molar refractivity (Wildman–Crippen MR) is 95.3 cm³/mol. The van der Waals surface area contributed by atoms with Crippen LogP contribution in [0.15, 0.2) is 35.9 Å². The zero-order valence-corrected chi connectivity index (χ0v) is 14.9. The topological polar surface area (TPSA) is 81.2 Å². The SMILES string of the molecule is CC(=CC(=O)OCc1nnc(C(=O)Nc2ccc(C)cc2)s1)C1CC1. The van der Waals surface area contributed by atoms with E-state index in [1.165, 1.54) is 6.08 Å². The lowest BCUT2D eigenvalue weighted by atomic mass is 10.2. The van der Waals surface area contributed by atoms with E-state index < -0.39 is 0 Å². The molecule has 7 heteroatoms. The van der Waals surface area contributed by atoms with Crippen molar-refractivity contribution in [2.45, 2.75) is 33.3 Å². The molecular weight excluding hydrogens is 338 g/mol. The van der Waals surface area contributed by atoms with Crippen molar-refractivity contribution in [3.8, 4) is 0 Å². The summed E-state index contributed by atoms with van der Waals surface area (Å²) in [4.78, 5) is 23.9. The smallest absolute Gasteiger partial charge is 0.331 e. The van der Waals surface area contributed by atoms with Gasteiger partial charge >= 0.3 is 5.97 Å². The molecule has 0 saturated heterocycles. The third-order valence-corrected chi connectivity index (χ3v) is 4.77. The number of carbonyl (C=O) groups is 2. The van der Waals surface area contributed by atoms with Crippen LogP contribution in [0.1, 0.15) is 40.1 Å². The molecule has 1 heterocycles. The molecule has 3 rings (SSSR count). The maximum absolute atomic E-state index is 12.2. The van der Waals surface area contributed by atoms with Crippen LogP contribution < -0.4 is 5.32 Å². The molecule has 0 bridgehead atoms. The van der Waals surface area contributed by atoms with E-state index in [9.17, 15) is 9.59 Å². The number of allylic oxidation sites excluding steroid dienone is 1. The molecule has 6 nitrogen and oxygen atoms in total. The summed E-state index contributed by atoms with van der Waals surface area (Å²) in [5, 5.41) is 11.2. The number of esters is 1. The van der Waals surface area contributed by atoms with E-state index in [-0.39, 0.29) is 23.5 Å². The Labute approximate surface area is 149 Å². The zero-order chi connectivity index (χ0) is 17.8. The Bertz CT molecular complexity index is 807. The van der Waals surface area contributed by atoms with E-state index >= 15 is 0 Å². The summed E-state index contributed by atoms with van der Waals surface area (Å²) in [7, 11) is 0. The van der Waals surface area contributed by atoms with Crippen LogP contribution in [0, 0.1) is 12.8 Å². The number of benzene rings is 1.